The fourth-order valence-electron chi connectivity index (χ4n) is 3.28. The number of anilines is 1. The van der Waals surface area contributed by atoms with Crippen LogP contribution in [0.25, 0.3) is 10.9 Å². The van der Waals surface area contributed by atoms with E-state index in [-0.39, 0.29) is 23.6 Å². The number of nitrogens with zero attached hydrogens (tertiary/aromatic N) is 4. The van der Waals surface area contributed by atoms with Crippen molar-refractivity contribution in [2.45, 2.75) is 45.3 Å². The van der Waals surface area contributed by atoms with E-state index in [1.807, 2.05) is 20.8 Å². The number of amides is 1. The summed E-state index contributed by atoms with van der Waals surface area (Å²) in [4.78, 5) is 30.3. The van der Waals surface area contributed by atoms with E-state index in [0.29, 0.717) is 24.0 Å². The number of rotatable bonds is 2. The molecule has 0 spiro atoms. The Morgan fingerprint density at radius 1 is 1.33 bits per heavy atom. The average Bonchev–Trinajstić information content (AvgIpc) is 3.01. The lowest BCUT2D eigenvalue weighted by Crippen LogP contribution is -2.43. The van der Waals surface area contributed by atoms with Crippen molar-refractivity contribution >= 4 is 28.8 Å². The fraction of sp³-hybridized carbons (Fsp3) is 0.556. The Bertz CT molecular complexity index is 870. The first kappa shape index (κ1) is 18.9. The van der Waals surface area contributed by atoms with Gasteiger partial charge in [0.15, 0.2) is 5.69 Å². The Balaban J connectivity index is 1.94. The minimum absolute atomic E-state index is 0.103. The van der Waals surface area contributed by atoms with Gasteiger partial charge in [-0.3, -0.25) is 4.68 Å². The van der Waals surface area contributed by atoms with Gasteiger partial charge in [-0.15, -0.1) is 0 Å². The summed E-state index contributed by atoms with van der Waals surface area (Å²) >= 11 is 0. The zero-order valence-corrected chi connectivity index (χ0v) is 16.1. The first-order chi connectivity index (χ1) is 12.7. The molecule has 0 aliphatic carbocycles. The Morgan fingerprint density at radius 3 is 2.74 bits per heavy atom. The highest BCUT2D eigenvalue weighted by Gasteiger charge is 2.31. The summed E-state index contributed by atoms with van der Waals surface area (Å²) in [6, 6.07) is 1.66. The number of fused-ring (bicyclic) bond motifs is 1. The second-order valence-corrected chi connectivity index (χ2v) is 7.60. The molecule has 0 bridgehead atoms. The van der Waals surface area contributed by atoms with E-state index in [9.17, 15) is 9.59 Å². The molecule has 146 valence electrons. The smallest absolute Gasteiger partial charge is 0.410 e. The van der Waals surface area contributed by atoms with Gasteiger partial charge in [0.25, 0.3) is 0 Å². The van der Waals surface area contributed by atoms with Gasteiger partial charge in [0, 0.05) is 19.3 Å². The largest absolute Gasteiger partial charge is 0.464 e. The predicted octanol–water partition coefficient (Wildman–Crippen LogP) is 2.37. The summed E-state index contributed by atoms with van der Waals surface area (Å²) in [5.74, 6) is -0.350. The van der Waals surface area contributed by atoms with Crippen molar-refractivity contribution in [1.82, 2.24) is 19.7 Å². The van der Waals surface area contributed by atoms with Crippen molar-refractivity contribution < 1.29 is 19.1 Å². The number of piperidine rings is 1. The van der Waals surface area contributed by atoms with Gasteiger partial charge in [-0.1, -0.05) is 0 Å². The van der Waals surface area contributed by atoms with Crippen LogP contribution in [0.4, 0.5) is 10.6 Å². The van der Waals surface area contributed by atoms with Crippen LogP contribution in [0.3, 0.4) is 0 Å². The first-order valence-corrected chi connectivity index (χ1v) is 8.90. The number of nitrogens with two attached hydrogens (primary N) is 1. The van der Waals surface area contributed by atoms with Gasteiger partial charge in [-0.05, 0) is 39.7 Å². The molecule has 9 nitrogen and oxygen atoms in total. The zero-order chi connectivity index (χ0) is 19.8. The number of methoxy groups -OCH3 is 1. The second kappa shape index (κ2) is 7.05. The minimum Gasteiger partial charge on any atom is -0.464 e. The molecule has 1 fully saturated rings. The number of hydrogen-bond acceptors (Lipinski definition) is 7. The van der Waals surface area contributed by atoms with E-state index in [1.54, 1.807) is 21.8 Å². The molecule has 3 heterocycles. The van der Waals surface area contributed by atoms with Crippen LogP contribution in [-0.2, 0) is 9.47 Å². The van der Waals surface area contributed by atoms with Gasteiger partial charge < -0.3 is 20.1 Å². The van der Waals surface area contributed by atoms with Gasteiger partial charge in [0.1, 0.15) is 11.4 Å². The van der Waals surface area contributed by atoms with Crippen LogP contribution in [-0.4, -0.2) is 57.5 Å². The molecule has 1 aliphatic rings. The maximum absolute atomic E-state index is 12.4. The zero-order valence-electron chi connectivity index (χ0n) is 16.1. The number of esters is 1. The van der Waals surface area contributed by atoms with Crippen molar-refractivity contribution in [1.29, 1.82) is 0 Å². The van der Waals surface area contributed by atoms with E-state index in [4.69, 9.17) is 15.2 Å². The molecule has 9 heteroatoms. The Morgan fingerprint density at radius 2 is 2.07 bits per heavy atom. The summed E-state index contributed by atoms with van der Waals surface area (Å²) in [5, 5.41) is 4.93. The summed E-state index contributed by atoms with van der Waals surface area (Å²) in [7, 11) is 1.30. The molecule has 1 atom stereocenters. The number of pyridine rings is 1. The monoisotopic (exact) mass is 375 g/mol. The van der Waals surface area contributed by atoms with Gasteiger partial charge in [-0.2, -0.15) is 5.10 Å². The molecule has 2 N–H and O–H groups in total. The normalized spacial score (nSPS) is 17.8. The van der Waals surface area contributed by atoms with Crippen LogP contribution in [0, 0.1) is 0 Å². The topological polar surface area (TPSA) is 113 Å². The van der Waals surface area contributed by atoms with Gasteiger partial charge in [0.2, 0.25) is 0 Å². The molecule has 2 aromatic rings. The molecule has 0 unspecified atom stereocenters. The molecule has 1 saturated heterocycles. The van der Waals surface area contributed by atoms with E-state index in [1.165, 1.54) is 7.11 Å². The number of carbonyl (C=O) groups is 2. The Kier molecular flexibility index (Phi) is 4.95. The third kappa shape index (κ3) is 3.81. The number of aromatic nitrogens is 3. The molecule has 0 aromatic carbocycles. The van der Waals surface area contributed by atoms with Crippen molar-refractivity contribution in [2.75, 3.05) is 25.9 Å². The minimum atomic E-state index is -0.571. The van der Waals surface area contributed by atoms with Crippen LogP contribution in [0.1, 0.15) is 50.1 Å². The third-order valence-electron chi connectivity index (χ3n) is 4.42. The predicted molar refractivity (Wildman–Crippen MR) is 99.4 cm³/mol. The lowest BCUT2D eigenvalue weighted by molar-refractivity contribution is 0.0168. The number of likely N-dealkylation sites (tertiary alicyclic amines) is 1. The quantitative estimate of drug-likeness (QED) is 0.802. The van der Waals surface area contributed by atoms with Crippen LogP contribution in [0.15, 0.2) is 12.3 Å². The number of nitrogen functional groups attached to an aromatic ring is 1. The molecule has 3 rings (SSSR count). The lowest BCUT2D eigenvalue weighted by atomic mass is 10.1. The van der Waals surface area contributed by atoms with E-state index in [2.05, 4.69) is 10.1 Å². The standard InChI is InChI=1S/C18H25N5O4/c1-18(2,3)27-17(25)22-9-5-6-11(10-22)23-12-7-8-20-15(19)13(12)14(21-23)16(24)26-4/h7-8,11H,5-6,9-10H2,1-4H3,(H2,19,20)/t11-/m1/s1. The summed E-state index contributed by atoms with van der Waals surface area (Å²) in [6.45, 7) is 6.58. The molecule has 27 heavy (non-hydrogen) atoms. The van der Waals surface area contributed by atoms with Crippen molar-refractivity contribution in [3.05, 3.63) is 18.0 Å². The molecular weight excluding hydrogens is 350 g/mol. The first-order valence-electron chi connectivity index (χ1n) is 8.90. The van der Waals surface area contributed by atoms with E-state index in [0.717, 1.165) is 12.8 Å². The molecule has 1 aliphatic heterocycles. The van der Waals surface area contributed by atoms with E-state index < -0.39 is 11.6 Å². The third-order valence-corrected chi connectivity index (χ3v) is 4.42. The molecular formula is C18H25N5O4. The van der Waals surface area contributed by atoms with Crippen LogP contribution < -0.4 is 5.73 Å². The maximum atomic E-state index is 12.4. The lowest BCUT2D eigenvalue weighted by Gasteiger charge is -2.34. The second-order valence-electron chi connectivity index (χ2n) is 7.60. The molecule has 2 aromatic heterocycles. The maximum Gasteiger partial charge on any atom is 0.410 e. The van der Waals surface area contributed by atoms with Gasteiger partial charge >= 0.3 is 12.1 Å². The summed E-state index contributed by atoms with van der Waals surface area (Å²) in [6.07, 6.45) is 2.85. The molecule has 1 amide bonds. The van der Waals surface area contributed by atoms with Crippen molar-refractivity contribution in [3.63, 3.8) is 0 Å². The number of hydrogen-bond donors (Lipinski definition) is 1. The van der Waals surface area contributed by atoms with Gasteiger partial charge in [0.05, 0.1) is 24.1 Å². The van der Waals surface area contributed by atoms with Crippen molar-refractivity contribution in [3.8, 4) is 0 Å². The van der Waals surface area contributed by atoms with Crippen LogP contribution in [0.5, 0.6) is 0 Å². The van der Waals surface area contributed by atoms with Crippen LogP contribution in [0.2, 0.25) is 0 Å². The van der Waals surface area contributed by atoms with Crippen molar-refractivity contribution in [2.24, 2.45) is 0 Å². The Hall–Kier alpha value is -2.84. The average molecular weight is 375 g/mol. The fourth-order valence-corrected chi connectivity index (χ4v) is 3.28. The highest BCUT2D eigenvalue weighted by molar-refractivity contribution is 6.06. The molecule has 0 saturated carbocycles. The summed E-state index contributed by atoms with van der Waals surface area (Å²) in [5.41, 5.74) is 6.25. The highest BCUT2D eigenvalue weighted by atomic mass is 16.6. The van der Waals surface area contributed by atoms with Gasteiger partial charge in [-0.25, -0.2) is 14.6 Å². The highest BCUT2D eigenvalue weighted by Crippen LogP contribution is 2.30. The number of carbonyl (C=O) groups excluding carboxylic acids is 2. The van der Waals surface area contributed by atoms with E-state index >= 15 is 0 Å². The SMILES string of the molecule is COC(=O)c1nn([C@@H]2CCCN(C(=O)OC(C)(C)C)C2)c2ccnc(N)c12. The Labute approximate surface area is 157 Å². The number of ether oxygens (including phenoxy) is 2. The van der Waals surface area contributed by atoms with Crippen LogP contribution >= 0.6 is 0 Å². The summed E-state index contributed by atoms with van der Waals surface area (Å²) < 4.78 is 12.1. The molecule has 0 radical (unpaired) electrons.